The first-order valence-electron chi connectivity index (χ1n) is 6.93. The predicted octanol–water partition coefficient (Wildman–Crippen LogP) is 1.99. The molecule has 2 aromatic heterocycles. The summed E-state index contributed by atoms with van der Waals surface area (Å²) in [6.07, 6.45) is -0.619. The second kappa shape index (κ2) is 6.46. The van der Waals surface area contributed by atoms with E-state index < -0.39 is 6.10 Å². The molecule has 6 nitrogen and oxygen atoms in total. The second-order valence-corrected chi connectivity index (χ2v) is 5.78. The van der Waals surface area contributed by atoms with Crippen molar-refractivity contribution in [3.63, 3.8) is 0 Å². The molecule has 0 aromatic carbocycles. The fourth-order valence-corrected chi connectivity index (χ4v) is 2.41. The molecule has 0 saturated carbocycles. The zero-order valence-corrected chi connectivity index (χ0v) is 13.8. The molecule has 22 heavy (non-hydrogen) atoms. The zero-order chi connectivity index (χ0) is 16.4. The Morgan fingerprint density at radius 1 is 1.45 bits per heavy atom. The highest BCUT2D eigenvalue weighted by Gasteiger charge is 2.19. The molecule has 0 fully saturated rings. The van der Waals surface area contributed by atoms with E-state index in [1.165, 1.54) is 4.90 Å². The lowest BCUT2D eigenvalue weighted by atomic mass is 10.3. The number of carbonyl (C=O) groups excluding carboxylic acids is 1. The summed E-state index contributed by atoms with van der Waals surface area (Å²) in [7, 11) is 1.60. The van der Waals surface area contributed by atoms with Gasteiger partial charge < -0.3 is 10.0 Å². The van der Waals surface area contributed by atoms with Crippen molar-refractivity contribution < 1.29 is 9.90 Å². The van der Waals surface area contributed by atoms with Gasteiger partial charge in [-0.3, -0.25) is 4.79 Å². The number of aliphatic hydroxyl groups is 1. The highest BCUT2D eigenvalue weighted by atomic mass is 35.5. The van der Waals surface area contributed by atoms with Crippen LogP contribution in [0.4, 0.5) is 0 Å². The van der Waals surface area contributed by atoms with Crippen molar-refractivity contribution in [1.29, 1.82) is 0 Å². The number of hydrogen-bond acceptors (Lipinski definition) is 4. The molecule has 2 rings (SSSR count). The average Bonchev–Trinajstić information content (AvgIpc) is 2.76. The van der Waals surface area contributed by atoms with Gasteiger partial charge in [-0.15, -0.1) is 0 Å². The molecule has 0 aliphatic heterocycles. The summed E-state index contributed by atoms with van der Waals surface area (Å²) in [5.74, 6) is 0.193. The van der Waals surface area contributed by atoms with E-state index in [2.05, 4.69) is 10.1 Å². The van der Waals surface area contributed by atoms with E-state index in [1.807, 2.05) is 19.9 Å². The lowest BCUT2D eigenvalue weighted by Crippen LogP contribution is -2.33. The van der Waals surface area contributed by atoms with E-state index in [9.17, 15) is 9.90 Å². The highest BCUT2D eigenvalue weighted by molar-refractivity contribution is 6.33. The number of likely N-dealkylation sites (N-methyl/N-ethyl adjacent to an activating group) is 1. The van der Waals surface area contributed by atoms with E-state index in [4.69, 9.17) is 11.6 Å². The highest BCUT2D eigenvalue weighted by Crippen LogP contribution is 2.19. The minimum Gasteiger partial charge on any atom is -0.392 e. The van der Waals surface area contributed by atoms with E-state index in [-0.39, 0.29) is 23.2 Å². The van der Waals surface area contributed by atoms with Crippen LogP contribution in [0.3, 0.4) is 0 Å². The fraction of sp³-hybridized carbons (Fsp3) is 0.400. The van der Waals surface area contributed by atoms with Gasteiger partial charge in [0.05, 0.1) is 16.8 Å². The maximum Gasteiger partial charge on any atom is 0.273 e. The predicted molar refractivity (Wildman–Crippen MR) is 84.5 cm³/mol. The first kappa shape index (κ1) is 16.5. The van der Waals surface area contributed by atoms with E-state index in [0.717, 1.165) is 11.4 Å². The van der Waals surface area contributed by atoms with E-state index in [0.29, 0.717) is 5.82 Å². The monoisotopic (exact) mass is 322 g/mol. The third-order valence-electron chi connectivity index (χ3n) is 3.15. The molecule has 2 aromatic rings. The maximum atomic E-state index is 12.4. The van der Waals surface area contributed by atoms with Crippen molar-refractivity contribution in [2.75, 3.05) is 13.6 Å². The van der Waals surface area contributed by atoms with Crippen LogP contribution in [0.15, 0.2) is 18.2 Å². The molecule has 1 atom stereocenters. The van der Waals surface area contributed by atoms with Gasteiger partial charge >= 0.3 is 0 Å². The number of carbonyl (C=O) groups is 1. The summed E-state index contributed by atoms with van der Waals surface area (Å²) < 4.78 is 1.66. The van der Waals surface area contributed by atoms with E-state index in [1.54, 1.807) is 30.8 Å². The van der Waals surface area contributed by atoms with Gasteiger partial charge in [-0.05, 0) is 39.0 Å². The first-order valence-corrected chi connectivity index (χ1v) is 7.31. The third-order valence-corrected chi connectivity index (χ3v) is 3.45. The lowest BCUT2D eigenvalue weighted by molar-refractivity contribution is 0.0698. The Labute approximate surface area is 134 Å². The number of nitrogens with zero attached hydrogens (tertiary/aromatic N) is 4. The zero-order valence-electron chi connectivity index (χ0n) is 13.0. The lowest BCUT2D eigenvalue weighted by Gasteiger charge is -2.19. The molecule has 0 radical (unpaired) electrons. The van der Waals surface area contributed by atoms with Gasteiger partial charge in [0, 0.05) is 19.3 Å². The van der Waals surface area contributed by atoms with Crippen molar-refractivity contribution in [1.82, 2.24) is 19.7 Å². The molecule has 118 valence electrons. The van der Waals surface area contributed by atoms with Gasteiger partial charge in [-0.2, -0.15) is 5.10 Å². The summed E-state index contributed by atoms with van der Waals surface area (Å²) in [5, 5.41) is 14.0. The summed E-state index contributed by atoms with van der Waals surface area (Å²) >= 11 is 6.10. The number of halogens is 1. The molecule has 0 spiro atoms. The summed E-state index contributed by atoms with van der Waals surface area (Å²) in [4.78, 5) is 18.1. The van der Waals surface area contributed by atoms with E-state index >= 15 is 0 Å². The van der Waals surface area contributed by atoms with Crippen molar-refractivity contribution in [3.8, 4) is 5.82 Å². The molecule has 1 N–H and O–H groups in total. The van der Waals surface area contributed by atoms with Crippen LogP contribution >= 0.6 is 11.6 Å². The number of aromatic nitrogens is 3. The van der Waals surface area contributed by atoms with Gasteiger partial charge in [0.1, 0.15) is 5.69 Å². The topological polar surface area (TPSA) is 71.2 Å². The Hall–Kier alpha value is -1.92. The quantitative estimate of drug-likeness (QED) is 0.934. The minimum atomic E-state index is -0.619. The van der Waals surface area contributed by atoms with Crippen LogP contribution in [-0.4, -0.2) is 50.4 Å². The number of hydrogen-bond donors (Lipinski definition) is 1. The van der Waals surface area contributed by atoms with Crippen LogP contribution in [0.1, 0.15) is 28.8 Å². The Bertz CT molecular complexity index is 697. The molecule has 0 saturated heterocycles. The number of aliphatic hydroxyl groups excluding tert-OH is 1. The van der Waals surface area contributed by atoms with Crippen molar-refractivity contribution in [3.05, 3.63) is 40.3 Å². The van der Waals surface area contributed by atoms with Crippen molar-refractivity contribution in [2.45, 2.75) is 26.9 Å². The SMILES string of the molecule is Cc1cc(C)n(-c2ccc(Cl)c(C(=O)N(C)CC(C)O)n2)n1. The van der Waals surface area contributed by atoms with Crippen molar-refractivity contribution >= 4 is 17.5 Å². The van der Waals surface area contributed by atoms with Crippen LogP contribution < -0.4 is 0 Å². The molecule has 1 unspecified atom stereocenters. The van der Waals surface area contributed by atoms with Crippen LogP contribution in [-0.2, 0) is 0 Å². The molecule has 0 aliphatic carbocycles. The molecule has 0 aliphatic rings. The largest absolute Gasteiger partial charge is 0.392 e. The molecular formula is C15H19ClN4O2. The Kier molecular flexibility index (Phi) is 4.83. The molecule has 0 bridgehead atoms. The molecule has 7 heteroatoms. The van der Waals surface area contributed by atoms with Gasteiger partial charge in [-0.1, -0.05) is 11.6 Å². The smallest absolute Gasteiger partial charge is 0.273 e. The van der Waals surface area contributed by atoms with Crippen LogP contribution in [0.25, 0.3) is 5.82 Å². The number of amides is 1. The second-order valence-electron chi connectivity index (χ2n) is 5.37. The summed E-state index contributed by atoms with van der Waals surface area (Å²) in [6, 6.07) is 5.27. The standard InChI is InChI=1S/C15H19ClN4O2/c1-9-7-10(2)20(18-9)13-6-5-12(16)14(17-13)15(22)19(4)8-11(3)21/h5-7,11,21H,8H2,1-4H3. The minimum absolute atomic E-state index is 0.148. The van der Waals surface area contributed by atoms with Gasteiger partial charge in [-0.25, -0.2) is 9.67 Å². The van der Waals surface area contributed by atoms with Gasteiger partial charge in [0.15, 0.2) is 5.82 Å². The normalized spacial score (nSPS) is 12.3. The Balaban J connectivity index is 2.39. The number of rotatable bonds is 4. The Morgan fingerprint density at radius 2 is 2.14 bits per heavy atom. The van der Waals surface area contributed by atoms with Gasteiger partial charge in [0.25, 0.3) is 5.91 Å². The van der Waals surface area contributed by atoms with Crippen LogP contribution in [0, 0.1) is 13.8 Å². The maximum absolute atomic E-state index is 12.4. The summed E-state index contributed by atoms with van der Waals surface area (Å²) in [6.45, 7) is 5.63. The average molecular weight is 323 g/mol. The van der Waals surface area contributed by atoms with Gasteiger partial charge in [0.2, 0.25) is 0 Å². The fourth-order valence-electron chi connectivity index (χ4n) is 2.22. The third kappa shape index (κ3) is 3.45. The number of aryl methyl sites for hydroxylation is 2. The molecular weight excluding hydrogens is 304 g/mol. The molecule has 1 amide bonds. The number of pyridine rings is 1. The Morgan fingerprint density at radius 3 is 2.68 bits per heavy atom. The van der Waals surface area contributed by atoms with Crippen LogP contribution in [0.5, 0.6) is 0 Å². The first-order chi connectivity index (χ1) is 10.3. The summed E-state index contributed by atoms with van der Waals surface area (Å²) in [5.41, 5.74) is 1.94. The van der Waals surface area contributed by atoms with Crippen molar-refractivity contribution in [2.24, 2.45) is 0 Å². The molecule has 2 heterocycles. The van der Waals surface area contributed by atoms with Crippen LogP contribution in [0.2, 0.25) is 5.02 Å².